The molecule has 2 aromatic carbocycles. The third-order valence-electron chi connectivity index (χ3n) is 2.99. The number of aliphatic carboxylic acids is 1. The average molecular weight is 292 g/mol. The predicted molar refractivity (Wildman–Crippen MR) is 77.3 cm³/mol. The van der Waals surface area contributed by atoms with Crippen molar-refractivity contribution in [3.63, 3.8) is 0 Å². The summed E-state index contributed by atoms with van der Waals surface area (Å²) in [6.45, 7) is 0. The van der Waals surface area contributed by atoms with E-state index in [1.54, 1.807) is 0 Å². The summed E-state index contributed by atoms with van der Waals surface area (Å²) in [5, 5.41) is 9.57. The minimum absolute atomic E-state index is 0.229. The van der Waals surface area contributed by atoms with Crippen LogP contribution in [0.4, 0.5) is 0 Å². The SMILES string of the molecule is NOC(Cc1ccc(-c2ccc(Cl)cc2)cc1)C(=O)O. The van der Waals surface area contributed by atoms with E-state index in [1.165, 1.54) is 0 Å². The molecule has 4 nitrogen and oxygen atoms in total. The maximum atomic E-state index is 10.8. The second-order valence-corrected chi connectivity index (χ2v) is 4.81. The number of halogens is 1. The molecule has 0 aliphatic heterocycles. The van der Waals surface area contributed by atoms with Gasteiger partial charge in [0.2, 0.25) is 0 Å². The van der Waals surface area contributed by atoms with Crippen molar-refractivity contribution in [3.05, 3.63) is 59.1 Å². The average Bonchev–Trinajstić information content (AvgIpc) is 2.46. The molecule has 0 spiro atoms. The molecule has 2 aromatic rings. The normalized spacial score (nSPS) is 12.1. The van der Waals surface area contributed by atoms with Crippen LogP contribution >= 0.6 is 11.6 Å². The zero-order valence-corrected chi connectivity index (χ0v) is 11.4. The lowest BCUT2D eigenvalue weighted by Crippen LogP contribution is -2.29. The highest BCUT2D eigenvalue weighted by Gasteiger charge is 2.17. The van der Waals surface area contributed by atoms with Crippen molar-refractivity contribution < 1.29 is 14.7 Å². The van der Waals surface area contributed by atoms with Gasteiger partial charge < -0.3 is 5.11 Å². The summed E-state index contributed by atoms with van der Waals surface area (Å²) >= 11 is 5.85. The van der Waals surface area contributed by atoms with Crippen LogP contribution in [0.15, 0.2) is 48.5 Å². The predicted octanol–water partition coefficient (Wildman–Crippen LogP) is 2.89. The quantitative estimate of drug-likeness (QED) is 0.831. The van der Waals surface area contributed by atoms with Gasteiger partial charge in [0.15, 0.2) is 6.10 Å². The van der Waals surface area contributed by atoms with Gasteiger partial charge in [-0.15, -0.1) is 0 Å². The molecule has 0 radical (unpaired) electrons. The highest BCUT2D eigenvalue weighted by molar-refractivity contribution is 6.30. The van der Waals surface area contributed by atoms with Crippen LogP contribution in [-0.2, 0) is 16.1 Å². The van der Waals surface area contributed by atoms with Gasteiger partial charge in [0.25, 0.3) is 0 Å². The van der Waals surface area contributed by atoms with Crippen LogP contribution in [0.3, 0.4) is 0 Å². The second-order valence-electron chi connectivity index (χ2n) is 4.37. The van der Waals surface area contributed by atoms with Crippen LogP contribution in [0.25, 0.3) is 11.1 Å². The van der Waals surface area contributed by atoms with Gasteiger partial charge in [-0.05, 0) is 28.8 Å². The van der Waals surface area contributed by atoms with Crippen LogP contribution in [0.1, 0.15) is 5.56 Å². The van der Waals surface area contributed by atoms with Crippen LogP contribution in [0.2, 0.25) is 5.02 Å². The first kappa shape index (κ1) is 14.5. The van der Waals surface area contributed by atoms with Crippen LogP contribution in [0, 0.1) is 0 Å². The summed E-state index contributed by atoms with van der Waals surface area (Å²) in [4.78, 5) is 15.3. The minimum atomic E-state index is -1.07. The van der Waals surface area contributed by atoms with E-state index in [4.69, 9.17) is 22.6 Å². The summed E-state index contributed by atoms with van der Waals surface area (Å²) in [7, 11) is 0. The van der Waals surface area contributed by atoms with Crippen molar-refractivity contribution in [1.82, 2.24) is 0 Å². The van der Waals surface area contributed by atoms with Crippen molar-refractivity contribution >= 4 is 17.6 Å². The van der Waals surface area contributed by atoms with E-state index < -0.39 is 12.1 Å². The van der Waals surface area contributed by atoms with Gasteiger partial charge in [-0.25, -0.2) is 10.7 Å². The summed E-state index contributed by atoms with van der Waals surface area (Å²) in [6, 6.07) is 15.1. The Hall–Kier alpha value is -1.88. The summed E-state index contributed by atoms with van der Waals surface area (Å²) in [5.74, 6) is 3.89. The molecule has 1 unspecified atom stereocenters. The van der Waals surface area contributed by atoms with Gasteiger partial charge in [-0.3, -0.25) is 4.84 Å². The molecule has 0 saturated carbocycles. The van der Waals surface area contributed by atoms with Crippen molar-refractivity contribution in [1.29, 1.82) is 0 Å². The lowest BCUT2D eigenvalue weighted by Gasteiger charge is -2.10. The van der Waals surface area contributed by atoms with E-state index in [0.29, 0.717) is 5.02 Å². The molecule has 0 saturated heterocycles. The Morgan fingerprint density at radius 2 is 1.60 bits per heavy atom. The smallest absolute Gasteiger partial charge is 0.335 e. The Kier molecular flexibility index (Phi) is 4.74. The van der Waals surface area contributed by atoms with E-state index in [-0.39, 0.29) is 6.42 Å². The molecule has 0 aliphatic carbocycles. The Balaban J connectivity index is 2.13. The van der Waals surface area contributed by atoms with E-state index in [9.17, 15) is 4.79 Å². The molecule has 1 atom stereocenters. The molecule has 0 aliphatic rings. The van der Waals surface area contributed by atoms with Gasteiger partial charge in [0.05, 0.1) is 0 Å². The number of carbonyl (C=O) groups is 1. The third kappa shape index (κ3) is 3.57. The lowest BCUT2D eigenvalue weighted by atomic mass is 10.0. The Morgan fingerprint density at radius 1 is 1.10 bits per heavy atom. The number of benzene rings is 2. The molecule has 0 amide bonds. The highest BCUT2D eigenvalue weighted by Crippen LogP contribution is 2.22. The number of hydrogen-bond donors (Lipinski definition) is 2. The molecule has 0 aromatic heterocycles. The van der Waals surface area contributed by atoms with Crippen molar-refractivity contribution in [2.45, 2.75) is 12.5 Å². The van der Waals surface area contributed by atoms with Crippen molar-refractivity contribution in [2.75, 3.05) is 0 Å². The van der Waals surface area contributed by atoms with Gasteiger partial charge in [0.1, 0.15) is 0 Å². The zero-order valence-electron chi connectivity index (χ0n) is 10.6. The van der Waals surface area contributed by atoms with E-state index in [2.05, 4.69) is 4.84 Å². The van der Waals surface area contributed by atoms with Gasteiger partial charge in [-0.1, -0.05) is 48.0 Å². The molecule has 0 heterocycles. The van der Waals surface area contributed by atoms with E-state index in [1.807, 2.05) is 48.5 Å². The standard InChI is InChI=1S/C15H14ClNO3/c16-13-7-5-12(6-8-13)11-3-1-10(2-4-11)9-14(20-17)15(18)19/h1-8,14H,9,17H2,(H,18,19). The van der Waals surface area contributed by atoms with Gasteiger partial charge >= 0.3 is 5.97 Å². The number of carboxylic acid groups (broad SMARTS) is 1. The molecule has 2 rings (SSSR count). The van der Waals surface area contributed by atoms with Crippen LogP contribution in [-0.4, -0.2) is 17.2 Å². The molecule has 104 valence electrons. The Bertz CT molecular complexity index is 581. The fraction of sp³-hybridized carbons (Fsp3) is 0.133. The molecular formula is C15H14ClNO3. The second kappa shape index (κ2) is 6.52. The monoisotopic (exact) mass is 291 g/mol. The lowest BCUT2D eigenvalue weighted by molar-refractivity contribution is -0.150. The first-order valence-electron chi connectivity index (χ1n) is 6.03. The minimum Gasteiger partial charge on any atom is -0.479 e. The fourth-order valence-electron chi connectivity index (χ4n) is 1.88. The molecule has 5 heteroatoms. The first-order valence-corrected chi connectivity index (χ1v) is 6.41. The zero-order chi connectivity index (χ0) is 14.5. The van der Waals surface area contributed by atoms with Crippen LogP contribution < -0.4 is 5.90 Å². The Morgan fingerprint density at radius 3 is 2.05 bits per heavy atom. The fourth-order valence-corrected chi connectivity index (χ4v) is 2.01. The number of nitrogens with two attached hydrogens (primary N) is 1. The Labute approximate surface area is 121 Å². The largest absolute Gasteiger partial charge is 0.479 e. The van der Waals surface area contributed by atoms with E-state index >= 15 is 0 Å². The van der Waals surface area contributed by atoms with Crippen LogP contribution in [0.5, 0.6) is 0 Å². The molecule has 20 heavy (non-hydrogen) atoms. The number of rotatable bonds is 5. The summed E-state index contributed by atoms with van der Waals surface area (Å²) < 4.78 is 0. The van der Waals surface area contributed by atoms with Crippen molar-refractivity contribution in [2.24, 2.45) is 5.90 Å². The molecule has 3 N–H and O–H groups in total. The third-order valence-corrected chi connectivity index (χ3v) is 3.24. The molecule has 0 fully saturated rings. The summed E-state index contributed by atoms with van der Waals surface area (Å²) in [5.41, 5.74) is 2.93. The van der Waals surface area contributed by atoms with Crippen molar-refractivity contribution in [3.8, 4) is 11.1 Å². The maximum Gasteiger partial charge on any atom is 0.335 e. The number of hydrogen-bond acceptors (Lipinski definition) is 3. The summed E-state index contributed by atoms with van der Waals surface area (Å²) in [6.07, 6.45) is -0.802. The molecular weight excluding hydrogens is 278 g/mol. The van der Waals surface area contributed by atoms with Gasteiger partial charge in [-0.2, -0.15) is 0 Å². The topological polar surface area (TPSA) is 72.5 Å². The maximum absolute atomic E-state index is 10.8. The highest BCUT2D eigenvalue weighted by atomic mass is 35.5. The molecule has 0 bridgehead atoms. The van der Waals surface area contributed by atoms with E-state index in [0.717, 1.165) is 16.7 Å². The first-order chi connectivity index (χ1) is 9.60. The van der Waals surface area contributed by atoms with Gasteiger partial charge in [0, 0.05) is 11.4 Å². The number of carboxylic acids is 1.